The average molecular weight is 457 g/mol. The molecule has 3 aromatic rings. The maximum absolute atomic E-state index is 12.8. The van der Waals surface area contributed by atoms with E-state index in [0.29, 0.717) is 37.8 Å². The minimum absolute atomic E-state index is 0.0168. The fourth-order valence-corrected chi connectivity index (χ4v) is 5.64. The maximum Gasteiger partial charge on any atom is 0.262 e. The van der Waals surface area contributed by atoms with E-state index in [-0.39, 0.29) is 23.4 Å². The van der Waals surface area contributed by atoms with Gasteiger partial charge in [-0.1, -0.05) is 29.8 Å². The number of hydrogen-bond acceptors (Lipinski definition) is 7. The number of amides is 1. The molecule has 0 spiro atoms. The summed E-state index contributed by atoms with van der Waals surface area (Å²) in [4.78, 5) is 22.7. The molecule has 2 saturated heterocycles. The van der Waals surface area contributed by atoms with Crippen molar-refractivity contribution in [1.82, 2.24) is 24.0 Å². The normalized spacial score (nSPS) is 20.2. The monoisotopic (exact) mass is 456 g/mol. The lowest BCUT2D eigenvalue weighted by Gasteiger charge is -2.24. The number of anilines is 1. The van der Waals surface area contributed by atoms with Crippen LogP contribution < -0.4 is 4.90 Å². The van der Waals surface area contributed by atoms with Crippen LogP contribution in [0.4, 0.5) is 5.69 Å². The first-order valence-corrected chi connectivity index (χ1v) is 12.1. The molecule has 168 valence electrons. The van der Waals surface area contributed by atoms with Crippen molar-refractivity contribution >= 4 is 21.6 Å². The van der Waals surface area contributed by atoms with Gasteiger partial charge in [-0.15, -0.1) is 0 Å². The van der Waals surface area contributed by atoms with Crippen LogP contribution >= 0.6 is 0 Å². The Morgan fingerprint density at radius 1 is 1.09 bits per heavy atom. The van der Waals surface area contributed by atoms with Crippen LogP contribution in [0.1, 0.15) is 43.3 Å². The van der Waals surface area contributed by atoms with Crippen molar-refractivity contribution in [2.45, 2.75) is 43.2 Å². The number of para-hydroxylation sites is 1. The lowest BCUT2D eigenvalue weighted by Crippen LogP contribution is -2.35. The predicted octanol–water partition coefficient (Wildman–Crippen LogP) is 2.01. The highest BCUT2D eigenvalue weighted by molar-refractivity contribution is 7.89. The van der Waals surface area contributed by atoms with Gasteiger partial charge >= 0.3 is 0 Å². The van der Waals surface area contributed by atoms with Crippen LogP contribution in [0.25, 0.3) is 0 Å². The lowest BCUT2D eigenvalue weighted by atomic mass is 10.1. The smallest absolute Gasteiger partial charge is 0.262 e. The molecule has 0 N–H and O–H groups in total. The molecular weight excluding hydrogens is 432 g/mol. The van der Waals surface area contributed by atoms with E-state index < -0.39 is 10.0 Å². The van der Waals surface area contributed by atoms with Gasteiger partial charge in [0.15, 0.2) is 10.9 Å². The molecule has 1 aromatic carbocycles. The largest absolute Gasteiger partial charge is 0.339 e. The number of hydrogen-bond donors (Lipinski definition) is 0. The highest BCUT2D eigenvalue weighted by Gasteiger charge is 2.35. The number of rotatable bonds is 6. The first-order valence-electron chi connectivity index (χ1n) is 10.7. The van der Waals surface area contributed by atoms with Crippen molar-refractivity contribution < 1.29 is 17.7 Å². The van der Waals surface area contributed by atoms with Crippen LogP contribution in [0.2, 0.25) is 0 Å². The number of imidazole rings is 1. The molecule has 0 radical (unpaired) electrons. The predicted molar refractivity (Wildman–Crippen MR) is 114 cm³/mol. The van der Waals surface area contributed by atoms with Crippen molar-refractivity contribution in [3.63, 3.8) is 0 Å². The summed E-state index contributed by atoms with van der Waals surface area (Å²) in [6.45, 7) is 1.77. The number of aromatic nitrogens is 4. The Balaban J connectivity index is 1.26. The molecule has 2 aliphatic rings. The fourth-order valence-electron chi connectivity index (χ4n) is 4.19. The Kier molecular flexibility index (Phi) is 5.51. The van der Waals surface area contributed by atoms with Crippen molar-refractivity contribution in [2.24, 2.45) is 0 Å². The second-order valence-electron chi connectivity index (χ2n) is 8.14. The zero-order valence-electron chi connectivity index (χ0n) is 17.5. The molecule has 2 aliphatic heterocycles. The van der Waals surface area contributed by atoms with Crippen molar-refractivity contribution in [2.75, 3.05) is 24.5 Å². The molecular formula is C21H24N6O4S. The third-order valence-corrected chi connectivity index (χ3v) is 7.66. The second kappa shape index (κ2) is 8.47. The summed E-state index contributed by atoms with van der Waals surface area (Å²) >= 11 is 0. The molecule has 2 fully saturated rings. The summed E-state index contributed by atoms with van der Waals surface area (Å²) in [6.07, 6.45) is 6.06. The molecule has 32 heavy (non-hydrogen) atoms. The third kappa shape index (κ3) is 4.05. The molecule has 2 aromatic heterocycles. The average Bonchev–Trinajstić information content (AvgIpc) is 3.56. The Morgan fingerprint density at radius 3 is 2.66 bits per heavy atom. The van der Waals surface area contributed by atoms with Gasteiger partial charge in [-0.3, -0.25) is 4.79 Å². The molecule has 11 heteroatoms. The Hall–Kier alpha value is -3.05. The first-order chi connectivity index (χ1) is 15.5. The molecule has 0 aliphatic carbocycles. The molecule has 0 bridgehead atoms. The minimum Gasteiger partial charge on any atom is -0.339 e. The van der Waals surface area contributed by atoms with E-state index >= 15 is 0 Å². The number of carbonyl (C=O) groups is 1. The summed E-state index contributed by atoms with van der Waals surface area (Å²) in [5.74, 6) is 0.655. The van der Waals surface area contributed by atoms with Crippen LogP contribution in [0.3, 0.4) is 0 Å². The minimum atomic E-state index is -3.59. The van der Waals surface area contributed by atoms with Gasteiger partial charge in [-0.2, -0.15) is 9.29 Å². The number of benzene rings is 1. The number of nitrogens with zero attached hydrogens (tertiary/aromatic N) is 6. The molecule has 4 heterocycles. The summed E-state index contributed by atoms with van der Waals surface area (Å²) in [5.41, 5.74) is 0.848. The van der Waals surface area contributed by atoms with Gasteiger partial charge in [0.25, 0.3) is 10.0 Å². The van der Waals surface area contributed by atoms with Gasteiger partial charge in [-0.25, -0.2) is 13.4 Å². The van der Waals surface area contributed by atoms with E-state index in [9.17, 15) is 13.2 Å². The highest BCUT2D eigenvalue weighted by atomic mass is 32.2. The van der Waals surface area contributed by atoms with Gasteiger partial charge in [-0.05, 0) is 25.0 Å². The highest BCUT2D eigenvalue weighted by Crippen LogP contribution is 2.31. The first kappa shape index (κ1) is 20.8. The Morgan fingerprint density at radius 2 is 1.88 bits per heavy atom. The topological polar surface area (TPSA) is 114 Å². The maximum atomic E-state index is 12.8. The van der Waals surface area contributed by atoms with E-state index in [1.54, 1.807) is 9.47 Å². The zero-order chi connectivity index (χ0) is 22.1. The third-order valence-electron chi connectivity index (χ3n) is 5.88. The van der Waals surface area contributed by atoms with Gasteiger partial charge in [0.05, 0.1) is 18.8 Å². The van der Waals surface area contributed by atoms with Gasteiger partial charge in [0.2, 0.25) is 11.8 Å². The van der Waals surface area contributed by atoms with Crippen molar-refractivity contribution in [1.29, 1.82) is 0 Å². The standard InChI is InChI=1S/C21H24N6O4S/c28-20-11-16(12-27(20)17-7-3-1-4-8-17)21-23-18(24-31-21)13-25-14-19(22-15-25)32(29,30)26-9-5-2-6-10-26/h1,3-4,7-8,14-16H,2,5-6,9-13H2. The van der Waals surface area contributed by atoms with Crippen LogP contribution in [0, 0.1) is 0 Å². The molecule has 5 rings (SSSR count). The molecule has 1 unspecified atom stereocenters. The summed E-state index contributed by atoms with van der Waals surface area (Å²) in [5, 5.41) is 4.05. The molecule has 1 amide bonds. The van der Waals surface area contributed by atoms with E-state index in [2.05, 4.69) is 15.1 Å². The van der Waals surface area contributed by atoms with E-state index in [1.807, 2.05) is 30.3 Å². The quantitative estimate of drug-likeness (QED) is 0.557. The molecule has 0 saturated carbocycles. The van der Waals surface area contributed by atoms with Crippen LogP contribution in [-0.4, -0.2) is 58.0 Å². The van der Waals surface area contributed by atoms with E-state index in [4.69, 9.17) is 4.52 Å². The van der Waals surface area contributed by atoms with Crippen LogP contribution in [-0.2, 0) is 21.4 Å². The lowest BCUT2D eigenvalue weighted by molar-refractivity contribution is -0.117. The molecule has 1 atom stereocenters. The Bertz CT molecular complexity index is 1200. The summed E-state index contributed by atoms with van der Waals surface area (Å²) in [7, 11) is -3.59. The zero-order valence-corrected chi connectivity index (χ0v) is 18.3. The van der Waals surface area contributed by atoms with Crippen LogP contribution in [0.5, 0.6) is 0 Å². The summed E-state index contributed by atoms with van der Waals surface area (Å²) in [6, 6.07) is 9.49. The Labute approximate surface area is 185 Å². The summed E-state index contributed by atoms with van der Waals surface area (Å²) < 4.78 is 34.1. The van der Waals surface area contributed by atoms with E-state index in [1.165, 1.54) is 16.8 Å². The van der Waals surface area contributed by atoms with Gasteiger partial charge < -0.3 is 14.0 Å². The van der Waals surface area contributed by atoms with Crippen molar-refractivity contribution in [3.05, 3.63) is 54.6 Å². The SMILES string of the molecule is O=C1CC(c2nc(Cn3cnc(S(=O)(=O)N4CCCCC4)c3)no2)CN1c1ccccc1. The van der Waals surface area contributed by atoms with Gasteiger partial charge in [0, 0.05) is 37.9 Å². The van der Waals surface area contributed by atoms with Crippen molar-refractivity contribution in [3.8, 4) is 0 Å². The number of sulfonamides is 1. The second-order valence-corrected chi connectivity index (χ2v) is 10.0. The number of carbonyl (C=O) groups excluding carboxylic acids is 1. The molecule has 10 nitrogen and oxygen atoms in total. The fraction of sp³-hybridized carbons (Fsp3) is 0.429. The van der Waals surface area contributed by atoms with Gasteiger partial charge in [0.1, 0.15) is 0 Å². The van der Waals surface area contributed by atoms with E-state index in [0.717, 1.165) is 24.9 Å². The number of piperidine rings is 1. The van der Waals surface area contributed by atoms with Crippen LogP contribution in [0.15, 0.2) is 52.4 Å².